The molecule has 0 bridgehead atoms. The number of nitrogens with one attached hydrogen (secondary N) is 1. The van der Waals surface area contributed by atoms with Crippen LogP contribution in [-0.4, -0.2) is 40.2 Å². The van der Waals surface area contributed by atoms with Crippen LogP contribution < -0.4 is 10.1 Å². The first-order valence-electron chi connectivity index (χ1n) is 10.5. The van der Waals surface area contributed by atoms with E-state index in [9.17, 15) is 14.4 Å². The van der Waals surface area contributed by atoms with E-state index in [1.807, 2.05) is 36.6 Å². The monoisotopic (exact) mass is 529 g/mol. The summed E-state index contributed by atoms with van der Waals surface area (Å²) in [5.74, 6) is -0.348. The van der Waals surface area contributed by atoms with Crippen LogP contribution in [0.3, 0.4) is 0 Å². The van der Waals surface area contributed by atoms with Gasteiger partial charge in [-0.25, -0.2) is 0 Å². The van der Waals surface area contributed by atoms with Gasteiger partial charge in [-0.3, -0.25) is 19.3 Å². The smallest absolute Gasteiger partial charge is 0.294 e. The molecule has 1 saturated heterocycles. The minimum absolute atomic E-state index is 0.240. The van der Waals surface area contributed by atoms with Gasteiger partial charge in [-0.1, -0.05) is 29.3 Å². The van der Waals surface area contributed by atoms with Gasteiger partial charge < -0.3 is 14.6 Å². The Balaban J connectivity index is 1.53. The molecule has 1 aliphatic heterocycles. The van der Waals surface area contributed by atoms with Crippen molar-refractivity contribution in [1.29, 1.82) is 0 Å². The van der Waals surface area contributed by atoms with Gasteiger partial charge in [-0.2, -0.15) is 0 Å². The third kappa shape index (κ3) is 5.10. The summed E-state index contributed by atoms with van der Waals surface area (Å²) in [6.45, 7) is 3.42. The van der Waals surface area contributed by atoms with Crippen LogP contribution in [-0.2, 0) is 9.59 Å². The number of amides is 3. The Hall–Kier alpha value is -3.20. The van der Waals surface area contributed by atoms with Gasteiger partial charge in [-0.15, -0.1) is 0 Å². The van der Waals surface area contributed by atoms with E-state index in [1.165, 1.54) is 0 Å². The van der Waals surface area contributed by atoms with Crippen molar-refractivity contribution >= 4 is 63.8 Å². The lowest BCUT2D eigenvalue weighted by molar-refractivity contribution is -0.127. The number of aryl methyl sites for hydroxylation is 1. The maximum atomic E-state index is 12.9. The van der Waals surface area contributed by atoms with Crippen molar-refractivity contribution in [3.8, 4) is 11.4 Å². The van der Waals surface area contributed by atoms with Crippen LogP contribution in [0.25, 0.3) is 11.8 Å². The van der Waals surface area contributed by atoms with Crippen LogP contribution in [0.1, 0.15) is 17.0 Å². The average Bonchev–Trinajstić information content (AvgIpc) is 3.25. The molecule has 1 aromatic heterocycles. The number of benzene rings is 2. The number of nitrogens with zero attached hydrogens (tertiary/aromatic N) is 2. The SMILES string of the molecule is COc1ccc(NC(=O)CN2C(=O)S/C(=C/c3cc(C)n(-c4cccc(Cl)c4Cl)c3C)C2=O)cc1. The van der Waals surface area contributed by atoms with Crippen LogP contribution in [0.5, 0.6) is 5.75 Å². The number of hydrogen-bond donors (Lipinski definition) is 1. The number of carbonyl (C=O) groups is 3. The van der Waals surface area contributed by atoms with Crippen molar-refractivity contribution < 1.29 is 19.1 Å². The molecule has 7 nitrogen and oxygen atoms in total. The molecule has 35 heavy (non-hydrogen) atoms. The Morgan fingerprint density at radius 3 is 2.51 bits per heavy atom. The third-order valence-corrected chi connectivity index (χ3v) is 7.19. The summed E-state index contributed by atoms with van der Waals surface area (Å²) in [6.07, 6.45) is 1.66. The van der Waals surface area contributed by atoms with Gasteiger partial charge in [-0.05, 0) is 79.7 Å². The predicted octanol–water partition coefficient (Wildman–Crippen LogP) is 6.08. The van der Waals surface area contributed by atoms with Crippen molar-refractivity contribution in [2.24, 2.45) is 0 Å². The molecule has 1 N–H and O–H groups in total. The Bertz CT molecular complexity index is 1370. The first-order chi connectivity index (χ1) is 16.7. The van der Waals surface area contributed by atoms with Crippen LogP contribution >= 0.6 is 35.0 Å². The quantitative estimate of drug-likeness (QED) is 0.391. The van der Waals surface area contributed by atoms with Gasteiger partial charge in [0.05, 0.1) is 27.7 Å². The second kappa shape index (κ2) is 10.2. The Kier molecular flexibility index (Phi) is 7.25. The van der Waals surface area contributed by atoms with E-state index >= 15 is 0 Å². The van der Waals surface area contributed by atoms with E-state index in [-0.39, 0.29) is 11.4 Å². The molecular weight excluding hydrogens is 509 g/mol. The summed E-state index contributed by atoms with van der Waals surface area (Å²) in [5, 5.41) is 3.03. The number of methoxy groups -OCH3 is 1. The topological polar surface area (TPSA) is 80.6 Å². The largest absolute Gasteiger partial charge is 0.497 e. The highest BCUT2D eigenvalue weighted by Gasteiger charge is 2.36. The van der Waals surface area contributed by atoms with Crippen LogP contribution in [0.15, 0.2) is 53.4 Å². The number of hydrogen-bond acceptors (Lipinski definition) is 5. The summed E-state index contributed by atoms with van der Waals surface area (Å²) in [5.41, 5.74) is 3.72. The van der Waals surface area contributed by atoms with Gasteiger partial charge >= 0.3 is 0 Å². The number of aromatic nitrogens is 1. The molecule has 10 heteroatoms. The van der Waals surface area contributed by atoms with Crippen molar-refractivity contribution in [3.63, 3.8) is 0 Å². The first-order valence-corrected chi connectivity index (χ1v) is 12.1. The fourth-order valence-corrected chi connectivity index (χ4v) is 4.97. The summed E-state index contributed by atoms with van der Waals surface area (Å²) in [6, 6.07) is 14.0. The fraction of sp³-hybridized carbons (Fsp3) is 0.160. The summed E-state index contributed by atoms with van der Waals surface area (Å²) in [7, 11) is 1.55. The van der Waals surface area contributed by atoms with Gasteiger partial charge in [0.25, 0.3) is 11.1 Å². The molecular formula is C25H21Cl2N3O4S. The maximum absolute atomic E-state index is 12.9. The molecule has 180 valence electrons. The van der Waals surface area contributed by atoms with E-state index < -0.39 is 17.1 Å². The molecule has 2 aromatic carbocycles. The predicted molar refractivity (Wildman–Crippen MR) is 140 cm³/mol. The molecule has 0 radical (unpaired) electrons. The molecule has 3 aromatic rings. The van der Waals surface area contributed by atoms with E-state index in [4.69, 9.17) is 27.9 Å². The summed E-state index contributed by atoms with van der Waals surface area (Å²) >= 11 is 13.4. The summed E-state index contributed by atoms with van der Waals surface area (Å²) < 4.78 is 7.03. The number of imide groups is 1. The fourth-order valence-electron chi connectivity index (χ4n) is 3.77. The standard InChI is InChI=1S/C25H21Cl2N3O4S/c1-14-11-16(15(2)30(14)20-6-4-5-19(26)23(20)27)12-21-24(32)29(25(33)35-21)13-22(31)28-17-7-9-18(34-3)10-8-17/h4-12H,13H2,1-3H3,(H,28,31)/b21-12+. The number of ether oxygens (including phenoxy) is 1. The van der Waals surface area contributed by atoms with Crippen LogP contribution in [0.4, 0.5) is 10.5 Å². The van der Waals surface area contributed by atoms with Gasteiger partial charge in [0.2, 0.25) is 5.91 Å². The second-order valence-electron chi connectivity index (χ2n) is 7.78. The number of halogens is 2. The van der Waals surface area contributed by atoms with E-state index in [1.54, 1.807) is 43.5 Å². The molecule has 1 aliphatic rings. The van der Waals surface area contributed by atoms with Crippen molar-refractivity contribution in [1.82, 2.24) is 9.47 Å². The molecule has 3 amide bonds. The maximum Gasteiger partial charge on any atom is 0.294 e. The molecule has 0 saturated carbocycles. The number of thioether (sulfide) groups is 1. The van der Waals surface area contributed by atoms with Crippen molar-refractivity contribution in [3.05, 3.63) is 80.4 Å². The Morgan fingerprint density at radius 1 is 1.11 bits per heavy atom. The second-order valence-corrected chi connectivity index (χ2v) is 9.56. The van der Waals surface area contributed by atoms with E-state index in [2.05, 4.69) is 5.32 Å². The van der Waals surface area contributed by atoms with Crippen LogP contribution in [0, 0.1) is 13.8 Å². The van der Waals surface area contributed by atoms with Crippen LogP contribution in [0.2, 0.25) is 10.0 Å². The number of carbonyl (C=O) groups excluding carboxylic acids is 3. The zero-order valence-electron chi connectivity index (χ0n) is 19.1. The van der Waals surface area contributed by atoms with Crippen molar-refractivity contribution in [2.45, 2.75) is 13.8 Å². The summed E-state index contributed by atoms with van der Waals surface area (Å²) in [4.78, 5) is 39.1. The molecule has 2 heterocycles. The number of rotatable bonds is 6. The number of anilines is 1. The Morgan fingerprint density at radius 2 is 1.83 bits per heavy atom. The van der Waals surface area contributed by atoms with Gasteiger partial charge in [0.1, 0.15) is 12.3 Å². The zero-order chi connectivity index (χ0) is 25.3. The normalized spacial score (nSPS) is 14.7. The zero-order valence-corrected chi connectivity index (χ0v) is 21.4. The van der Waals surface area contributed by atoms with Crippen molar-refractivity contribution in [2.75, 3.05) is 19.0 Å². The molecule has 0 aliphatic carbocycles. The molecule has 1 fully saturated rings. The van der Waals surface area contributed by atoms with Gasteiger partial charge in [0, 0.05) is 17.1 Å². The molecule has 4 rings (SSSR count). The lowest BCUT2D eigenvalue weighted by atomic mass is 10.2. The minimum atomic E-state index is -0.518. The van der Waals surface area contributed by atoms with E-state index in [0.29, 0.717) is 21.5 Å². The highest BCUT2D eigenvalue weighted by molar-refractivity contribution is 8.18. The molecule has 0 unspecified atom stereocenters. The lowest BCUT2D eigenvalue weighted by Crippen LogP contribution is -2.36. The third-order valence-electron chi connectivity index (χ3n) is 5.48. The first kappa shape index (κ1) is 24.9. The van der Waals surface area contributed by atoms with Gasteiger partial charge in [0.15, 0.2) is 0 Å². The average molecular weight is 530 g/mol. The Labute approximate surface area is 216 Å². The minimum Gasteiger partial charge on any atom is -0.497 e. The highest BCUT2D eigenvalue weighted by Crippen LogP contribution is 2.35. The lowest BCUT2D eigenvalue weighted by Gasteiger charge is -2.13. The highest BCUT2D eigenvalue weighted by atomic mass is 35.5. The molecule has 0 atom stereocenters. The molecule has 0 spiro atoms. The van der Waals surface area contributed by atoms with E-state index in [0.717, 1.165) is 39.3 Å².